The van der Waals surface area contributed by atoms with Gasteiger partial charge in [0.1, 0.15) is 5.60 Å². The fourth-order valence-corrected chi connectivity index (χ4v) is 5.86. The number of esters is 1. The molecule has 1 saturated heterocycles. The third-order valence-electron chi connectivity index (χ3n) is 7.59. The van der Waals surface area contributed by atoms with Crippen molar-refractivity contribution in [2.45, 2.75) is 103 Å². The van der Waals surface area contributed by atoms with Crippen LogP contribution in [0.5, 0.6) is 0 Å². The number of ether oxygens (including phenoxy) is 2. The van der Waals surface area contributed by atoms with Crippen molar-refractivity contribution in [1.82, 2.24) is 9.88 Å². The summed E-state index contributed by atoms with van der Waals surface area (Å²) in [7, 11) is -0.824. The topological polar surface area (TPSA) is 78.0 Å². The molecule has 1 aliphatic heterocycles. The third kappa shape index (κ3) is 7.23. The van der Waals surface area contributed by atoms with Crippen LogP contribution >= 0.6 is 0 Å². The van der Waals surface area contributed by atoms with Crippen molar-refractivity contribution in [2.75, 3.05) is 7.11 Å². The molecule has 1 amide bonds. The summed E-state index contributed by atoms with van der Waals surface area (Å²) in [6.45, 7) is 16.8. The standard InChI is InChI=1S/C30H44N2O5Si/c1-29(2,3)36-28(34)32-24(19-21-12-14-22(15-13-21)27(33)35-7)16-17-25(32)26(23-11-10-18-31-20-23)37-38(8,9)30(4,5)6/h10-15,18,20,24-26H,16-17,19H2,1-9H3/t24?,25-,26-/m1/s1. The Hall–Kier alpha value is -2.71. The molecule has 3 rings (SSSR count). The Balaban J connectivity index is 1.98. The highest BCUT2D eigenvalue weighted by Gasteiger charge is 2.47. The number of amides is 1. The monoisotopic (exact) mass is 540 g/mol. The lowest BCUT2D eigenvalue weighted by Crippen LogP contribution is -2.50. The van der Waals surface area contributed by atoms with E-state index in [9.17, 15) is 9.59 Å². The highest BCUT2D eigenvalue weighted by molar-refractivity contribution is 6.74. The van der Waals surface area contributed by atoms with Crippen LogP contribution in [0.1, 0.15) is 82.0 Å². The van der Waals surface area contributed by atoms with Crippen LogP contribution in [0.15, 0.2) is 48.8 Å². The fourth-order valence-electron chi connectivity index (χ4n) is 4.58. The molecule has 208 valence electrons. The molecule has 1 fully saturated rings. The van der Waals surface area contributed by atoms with Crippen LogP contribution in [-0.2, 0) is 20.3 Å². The second-order valence-electron chi connectivity index (χ2n) is 12.7. The fraction of sp³-hybridized carbons (Fsp3) is 0.567. The van der Waals surface area contributed by atoms with Crippen LogP contribution in [-0.4, -0.2) is 55.1 Å². The first-order valence-corrected chi connectivity index (χ1v) is 16.3. The lowest BCUT2D eigenvalue weighted by atomic mass is 10.0. The van der Waals surface area contributed by atoms with Gasteiger partial charge in [-0.2, -0.15) is 0 Å². The summed E-state index contributed by atoms with van der Waals surface area (Å²) in [5.74, 6) is -0.366. The molecule has 0 saturated carbocycles. The van der Waals surface area contributed by atoms with E-state index in [0.717, 1.165) is 24.0 Å². The highest BCUT2D eigenvalue weighted by atomic mass is 28.4. The molecule has 2 aromatic rings. The van der Waals surface area contributed by atoms with Gasteiger partial charge in [-0.15, -0.1) is 0 Å². The van der Waals surface area contributed by atoms with E-state index in [1.807, 2.05) is 56.1 Å². The van der Waals surface area contributed by atoms with E-state index in [1.54, 1.807) is 18.3 Å². The number of rotatable bonds is 7. The van der Waals surface area contributed by atoms with E-state index < -0.39 is 13.9 Å². The molecule has 8 heteroatoms. The average Bonchev–Trinajstić information content (AvgIpc) is 3.24. The third-order valence-corrected chi connectivity index (χ3v) is 12.0. The molecule has 0 aliphatic carbocycles. The maximum absolute atomic E-state index is 13.7. The normalized spacial score (nSPS) is 19.2. The van der Waals surface area contributed by atoms with Crippen LogP contribution < -0.4 is 0 Å². The second-order valence-corrected chi connectivity index (χ2v) is 17.4. The number of likely N-dealkylation sites (tertiary alicyclic amines) is 1. The SMILES string of the molecule is COC(=O)c1ccc(CC2CC[C@H]([C@H](O[Si](C)(C)C(C)(C)C)c3cccnc3)N2C(=O)OC(C)(C)C)cc1. The minimum atomic E-state index is -2.20. The van der Waals surface area contributed by atoms with Crippen LogP contribution in [0.3, 0.4) is 0 Å². The summed E-state index contributed by atoms with van der Waals surface area (Å²) in [4.78, 5) is 31.9. The molecule has 0 radical (unpaired) electrons. The molecular formula is C30H44N2O5Si. The largest absolute Gasteiger partial charge is 0.465 e. The molecule has 1 aliphatic rings. The van der Waals surface area contributed by atoms with Crippen LogP contribution in [0, 0.1) is 0 Å². The van der Waals surface area contributed by atoms with Crippen molar-refractivity contribution in [3.8, 4) is 0 Å². The van der Waals surface area contributed by atoms with E-state index in [-0.39, 0.29) is 35.3 Å². The van der Waals surface area contributed by atoms with Crippen molar-refractivity contribution in [1.29, 1.82) is 0 Å². The highest BCUT2D eigenvalue weighted by Crippen LogP contribution is 2.44. The number of hydrogen-bond donors (Lipinski definition) is 0. The molecule has 1 unspecified atom stereocenters. The predicted molar refractivity (Wildman–Crippen MR) is 152 cm³/mol. The maximum atomic E-state index is 13.7. The van der Waals surface area contributed by atoms with E-state index in [2.05, 4.69) is 38.8 Å². The lowest BCUT2D eigenvalue weighted by Gasteiger charge is -2.43. The van der Waals surface area contributed by atoms with Gasteiger partial charge in [-0.25, -0.2) is 9.59 Å². The molecule has 0 bridgehead atoms. The number of hydrogen-bond acceptors (Lipinski definition) is 6. The summed E-state index contributed by atoms with van der Waals surface area (Å²) in [5, 5.41) is 0.00357. The summed E-state index contributed by atoms with van der Waals surface area (Å²) in [6, 6.07) is 11.1. The molecule has 0 N–H and O–H groups in total. The Labute approximate surface area is 229 Å². The summed E-state index contributed by atoms with van der Waals surface area (Å²) in [6.07, 6.45) is 5.22. The molecule has 3 atom stereocenters. The number of carbonyl (C=O) groups is 2. The van der Waals surface area contributed by atoms with E-state index in [0.29, 0.717) is 12.0 Å². The van der Waals surface area contributed by atoms with Gasteiger partial charge in [-0.05, 0) is 87.5 Å². The number of pyridine rings is 1. The summed E-state index contributed by atoms with van der Waals surface area (Å²) < 4.78 is 17.8. The quantitative estimate of drug-likeness (QED) is 0.280. The van der Waals surface area contributed by atoms with Gasteiger partial charge in [-0.1, -0.05) is 39.0 Å². The molecule has 0 spiro atoms. The van der Waals surface area contributed by atoms with Crippen molar-refractivity contribution in [2.24, 2.45) is 0 Å². The van der Waals surface area contributed by atoms with Gasteiger partial charge in [0.15, 0.2) is 8.32 Å². The average molecular weight is 541 g/mol. The van der Waals surface area contributed by atoms with Crippen LogP contribution in [0.2, 0.25) is 18.1 Å². The van der Waals surface area contributed by atoms with Crippen molar-refractivity contribution in [3.63, 3.8) is 0 Å². The zero-order chi connectivity index (χ0) is 28.3. The van der Waals surface area contributed by atoms with Gasteiger partial charge in [0.05, 0.1) is 24.8 Å². The van der Waals surface area contributed by atoms with Gasteiger partial charge < -0.3 is 13.9 Å². The lowest BCUT2D eigenvalue weighted by molar-refractivity contribution is -0.00244. The Bertz CT molecular complexity index is 1090. The van der Waals surface area contributed by atoms with E-state index >= 15 is 0 Å². The first-order chi connectivity index (χ1) is 17.6. The van der Waals surface area contributed by atoms with Crippen molar-refractivity contribution < 1.29 is 23.5 Å². The minimum absolute atomic E-state index is 0.00357. The van der Waals surface area contributed by atoms with Crippen LogP contribution in [0.25, 0.3) is 0 Å². The molecule has 38 heavy (non-hydrogen) atoms. The summed E-state index contributed by atoms with van der Waals surface area (Å²) >= 11 is 0. The number of aromatic nitrogens is 1. The van der Waals surface area contributed by atoms with Crippen molar-refractivity contribution in [3.05, 3.63) is 65.5 Å². The van der Waals surface area contributed by atoms with Gasteiger partial charge in [0.25, 0.3) is 0 Å². The second kappa shape index (κ2) is 11.6. The first kappa shape index (κ1) is 29.8. The van der Waals surface area contributed by atoms with Crippen LogP contribution in [0.4, 0.5) is 4.79 Å². The Morgan fingerprint density at radius 1 is 1.05 bits per heavy atom. The Morgan fingerprint density at radius 2 is 1.71 bits per heavy atom. The zero-order valence-electron chi connectivity index (χ0n) is 24.4. The Morgan fingerprint density at radius 3 is 2.24 bits per heavy atom. The number of nitrogens with zero attached hydrogens (tertiary/aromatic N) is 2. The summed E-state index contributed by atoms with van der Waals surface area (Å²) in [5.41, 5.74) is 1.89. The number of carbonyl (C=O) groups excluding carboxylic acids is 2. The van der Waals surface area contributed by atoms with Gasteiger partial charge in [-0.3, -0.25) is 9.88 Å². The molecule has 2 heterocycles. The van der Waals surface area contributed by atoms with E-state index in [4.69, 9.17) is 13.9 Å². The smallest absolute Gasteiger partial charge is 0.410 e. The van der Waals surface area contributed by atoms with Gasteiger partial charge >= 0.3 is 12.1 Å². The van der Waals surface area contributed by atoms with Gasteiger partial charge in [0, 0.05) is 18.4 Å². The maximum Gasteiger partial charge on any atom is 0.410 e. The molecular weight excluding hydrogens is 496 g/mol. The zero-order valence-corrected chi connectivity index (χ0v) is 25.4. The molecule has 1 aromatic carbocycles. The number of methoxy groups -OCH3 is 1. The first-order valence-electron chi connectivity index (χ1n) is 13.4. The predicted octanol–water partition coefficient (Wildman–Crippen LogP) is 6.94. The number of benzene rings is 1. The minimum Gasteiger partial charge on any atom is -0.465 e. The van der Waals surface area contributed by atoms with E-state index in [1.165, 1.54) is 7.11 Å². The van der Waals surface area contributed by atoms with Crippen molar-refractivity contribution >= 4 is 20.4 Å². The molecule has 1 aromatic heterocycles. The van der Waals surface area contributed by atoms with Gasteiger partial charge in [0.2, 0.25) is 0 Å². The Kier molecular flexibility index (Phi) is 9.09. The molecule has 7 nitrogen and oxygen atoms in total.